The van der Waals surface area contributed by atoms with Crippen LogP contribution in [0.5, 0.6) is 0 Å². The van der Waals surface area contributed by atoms with Crippen molar-refractivity contribution in [3.05, 3.63) is 52.0 Å². The summed E-state index contributed by atoms with van der Waals surface area (Å²) in [5.74, 6) is 0.861. The van der Waals surface area contributed by atoms with Crippen LogP contribution in [0.15, 0.2) is 40.7 Å². The van der Waals surface area contributed by atoms with Gasteiger partial charge in [0.2, 0.25) is 0 Å². The third-order valence-corrected chi connectivity index (χ3v) is 4.16. The predicted molar refractivity (Wildman–Crippen MR) is 110 cm³/mol. The highest BCUT2D eigenvalue weighted by molar-refractivity contribution is 14.0. The third kappa shape index (κ3) is 7.78. The molecule has 0 aliphatic carbocycles. The van der Waals surface area contributed by atoms with Crippen LogP contribution in [0.1, 0.15) is 22.7 Å². The zero-order valence-electron chi connectivity index (χ0n) is 13.7. The van der Waals surface area contributed by atoms with Crippen molar-refractivity contribution in [3.63, 3.8) is 0 Å². The van der Waals surface area contributed by atoms with Gasteiger partial charge in [-0.3, -0.25) is 4.99 Å². The first kappa shape index (κ1) is 19.9. The van der Waals surface area contributed by atoms with Crippen LogP contribution >= 0.6 is 35.3 Å². The second kappa shape index (κ2) is 11.4. The summed E-state index contributed by atoms with van der Waals surface area (Å²) in [7, 11) is 1.81. The van der Waals surface area contributed by atoms with E-state index in [9.17, 15) is 0 Å². The van der Waals surface area contributed by atoms with Gasteiger partial charge in [-0.15, -0.1) is 35.3 Å². The lowest BCUT2D eigenvalue weighted by atomic mass is 10.1. The van der Waals surface area contributed by atoms with Crippen molar-refractivity contribution in [1.29, 1.82) is 0 Å². The molecule has 1 heterocycles. The zero-order valence-corrected chi connectivity index (χ0v) is 16.9. The predicted octanol–water partition coefficient (Wildman–Crippen LogP) is 3.41. The van der Waals surface area contributed by atoms with E-state index in [4.69, 9.17) is 0 Å². The van der Waals surface area contributed by atoms with Crippen LogP contribution in [0, 0.1) is 6.92 Å². The molecule has 0 unspecified atom stereocenters. The Labute approximate surface area is 159 Å². The molecule has 0 atom stereocenters. The quantitative estimate of drug-likeness (QED) is 0.298. The molecule has 0 spiro atoms. The molecule has 0 aliphatic heterocycles. The van der Waals surface area contributed by atoms with Crippen LogP contribution in [0.4, 0.5) is 0 Å². The maximum atomic E-state index is 4.46. The number of halogens is 1. The molecule has 0 bridgehead atoms. The van der Waals surface area contributed by atoms with E-state index >= 15 is 0 Å². The Bertz CT molecular complexity index is 583. The minimum atomic E-state index is 0. The highest BCUT2D eigenvalue weighted by Crippen LogP contribution is 2.07. The molecule has 2 aromatic rings. The van der Waals surface area contributed by atoms with Gasteiger partial charge in [-0.2, -0.15) is 0 Å². The van der Waals surface area contributed by atoms with Gasteiger partial charge in [0, 0.05) is 31.9 Å². The van der Waals surface area contributed by atoms with Gasteiger partial charge in [0.25, 0.3) is 0 Å². The van der Waals surface area contributed by atoms with Gasteiger partial charge in [0.05, 0.1) is 10.7 Å². The first-order chi connectivity index (χ1) is 10.8. The molecule has 23 heavy (non-hydrogen) atoms. The maximum Gasteiger partial charge on any atom is 0.190 e. The number of guanidine groups is 1. The fourth-order valence-electron chi connectivity index (χ4n) is 2.20. The van der Waals surface area contributed by atoms with Crippen molar-refractivity contribution >= 4 is 41.3 Å². The van der Waals surface area contributed by atoms with Gasteiger partial charge < -0.3 is 10.6 Å². The van der Waals surface area contributed by atoms with E-state index in [2.05, 4.69) is 56.3 Å². The molecule has 0 saturated heterocycles. The number of aromatic nitrogens is 1. The Kier molecular flexibility index (Phi) is 9.86. The van der Waals surface area contributed by atoms with Crippen molar-refractivity contribution in [1.82, 2.24) is 15.6 Å². The summed E-state index contributed by atoms with van der Waals surface area (Å²) in [6.07, 6.45) is 3.11. The molecule has 0 fully saturated rings. The summed E-state index contributed by atoms with van der Waals surface area (Å²) < 4.78 is 0. The summed E-state index contributed by atoms with van der Waals surface area (Å²) in [5, 5.41) is 9.92. The number of nitrogens with one attached hydrogen (secondary N) is 2. The molecule has 126 valence electrons. The molecule has 0 aliphatic rings. The minimum Gasteiger partial charge on any atom is -0.356 e. The summed E-state index contributed by atoms with van der Waals surface area (Å²) in [5.41, 5.74) is 2.53. The van der Waals surface area contributed by atoms with E-state index in [-0.39, 0.29) is 24.0 Å². The van der Waals surface area contributed by atoms with Gasteiger partial charge in [-0.1, -0.05) is 30.3 Å². The highest BCUT2D eigenvalue weighted by Gasteiger charge is 2.00. The molecule has 0 amide bonds. The lowest BCUT2D eigenvalue weighted by molar-refractivity contribution is 0.736. The van der Waals surface area contributed by atoms with Gasteiger partial charge in [0.1, 0.15) is 0 Å². The summed E-state index contributed by atoms with van der Waals surface area (Å²) in [6, 6.07) is 10.6. The minimum absolute atomic E-state index is 0. The number of hydrogen-bond acceptors (Lipinski definition) is 3. The fourth-order valence-corrected chi connectivity index (χ4v) is 2.84. The van der Waals surface area contributed by atoms with E-state index in [1.807, 2.05) is 6.92 Å². The van der Waals surface area contributed by atoms with Gasteiger partial charge in [-0.05, 0) is 25.3 Å². The second-order valence-corrected chi connectivity index (χ2v) is 6.19. The number of nitrogens with zero attached hydrogens (tertiary/aromatic N) is 2. The topological polar surface area (TPSA) is 49.3 Å². The Morgan fingerprint density at radius 3 is 2.52 bits per heavy atom. The lowest BCUT2D eigenvalue weighted by Crippen LogP contribution is -2.38. The maximum absolute atomic E-state index is 4.46. The average molecular weight is 444 g/mol. The Hall–Kier alpha value is -1.15. The normalized spacial score (nSPS) is 11.0. The van der Waals surface area contributed by atoms with Crippen LogP contribution in [-0.4, -0.2) is 31.1 Å². The average Bonchev–Trinajstić information content (AvgIpc) is 2.96. The molecular weight excluding hydrogens is 419 g/mol. The summed E-state index contributed by atoms with van der Waals surface area (Å²) in [4.78, 5) is 8.71. The zero-order chi connectivity index (χ0) is 15.6. The lowest BCUT2D eigenvalue weighted by Gasteiger charge is -2.11. The van der Waals surface area contributed by atoms with E-state index in [0.29, 0.717) is 0 Å². The van der Waals surface area contributed by atoms with Crippen molar-refractivity contribution in [2.24, 2.45) is 4.99 Å². The SMILES string of the molecule is CN=C(NCCCc1ccccc1)NCCc1csc(C)n1.I. The summed E-state index contributed by atoms with van der Waals surface area (Å²) >= 11 is 1.70. The number of rotatable bonds is 7. The van der Waals surface area contributed by atoms with Crippen LogP contribution in [-0.2, 0) is 12.8 Å². The molecular formula is C17H25IN4S. The standard InChI is InChI=1S/C17H24N4S.HI/c1-14-21-16(13-22-14)10-12-20-17(18-2)19-11-6-9-15-7-4-3-5-8-15;/h3-5,7-8,13H,6,9-12H2,1-2H3,(H2,18,19,20);1H. The van der Waals surface area contributed by atoms with Crippen molar-refractivity contribution in [2.75, 3.05) is 20.1 Å². The van der Waals surface area contributed by atoms with E-state index in [1.165, 1.54) is 5.56 Å². The van der Waals surface area contributed by atoms with Crippen molar-refractivity contribution in [2.45, 2.75) is 26.2 Å². The first-order valence-corrected chi connectivity index (χ1v) is 8.55. The van der Waals surface area contributed by atoms with Crippen molar-refractivity contribution < 1.29 is 0 Å². The van der Waals surface area contributed by atoms with Crippen LogP contribution in [0.25, 0.3) is 0 Å². The molecule has 1 aromatic heterocycles. The molecule has 0 saturated carbocycles. The second-order valence-electron chi connectivity index (χ2n) is 5.12. The monoisotopic (exact) mass is 444 g/mol. The van der Waals surface area contributed by atoms with Crippen LogP contribution < -0.4 is 10.6 Å². The Morgan fingerprint density at radius 1 is 1.13 bits per heavy atom. The summed E-state index contributed by atoms with van der Waals surface area (Å²) in [6.45, 7) is 3.81. The van der Waals surface area contributed by atoms with E-state index < -0.39 is 0 Å². The highest BCUT2D eigenvalue weighted by atomic mass is 127. The number of hydrogen-bond donors (Lipinski definition) is 2. The first-order valence-electron chi connectivity index (χ1n) is 7.67. The third-order valence-electron chi connectivity index (χ3n) is 3.34. The largest absolute Gasteiger partial charge is 0.356 e. The van der Waals surface area contributed by atoms with Crippen LogP contribution in [0.2, 0.25) is 0 Å². The van der Waals surface area contributed by atoms with Gasteiger partial charge >= 0.3 is 0 Å². The number of benzene rings is 1. The van der Waals surface area contributed by atoms with Gasteiger partial charge in [0.15, 0.2) is 5.96 Å². The Morgan fingerprint density at radius 2 is 1.87 bits per heavy atom. The molecule has 2 N–H and O–H groups in total. The molecule has 0 radical (unpaired) electrons. The molecule has 4 nitrogen and oxygen atoms in total. The van der Waals surface area contributed by atoms with Crippen LogP contribution in [0.3, 0.4) is 0 Å². The van der Waals surface area contributed by atoms with Gasteiger partial charge in [-0.25, -0.2) is 4.98 Å². The number of aliphatic imine (C=N–C) groups is 1. The Balaban J connectivity index is 0.00000264. The van der Waals surface area contributed by atoms with E-state index in [1.54, 1.807) is 18.4 Å². The number of thiazole rings is 1. The smallest absolute Gasteiger partial charge is 0.190 e. The molecule has 6 heteroatoms. The van der Waals surface area contributed by atoms with Crippen molar-refractivity contribution in [3.8, 4) is 0 Å². The number of aryl methyl sites for hydroxylation is 2. The molecule has 2 rings (SSSR count). The molecule has 1 aromatic carbocycles. The fraction of sp³-hybridized carbons (Fsp3) is 0.412. The van der Waals surface area contributed by atoms with E-state index in [0.717, 1.165) is 49.0 Å².